The summed E-state index contributed by atoms with van der Waals surface area (Å²) in [5.41, 5.74) is 3.35. The molecule has 3 aromatic heterocycles. The molecule has 4 aromatic rings. The van der Waals surface area contributed by atoms with Crippen LogP contribution in [0.4, 0.5) is 11.6 Å². The zero-order valence-corrected chi connectivity index (χ0v) is 17.9. The van der Waals surface area contributed by atoms with Crippen molar-refractivity contribution >= 4 is 33.2 Å². The predicted molar refractivity (Wildman–Crippen MR) is 122 cm³/mol. The third-order valence-electron chi connectivity index (χ3n) is 5.60. The SMILES string of the molecule is CCCn1c(Nc2cnn(Cc3ccccc3)c2)nc2sc3c(c2c1=O)CCCC3. The topological polar surface area (TPSA) is 64.7 Å². The number of aromatic nitrogens is 4. The summed E-state index contributed by atoms with van der Waals surface area (Å²) in [6.07, 6.45) is 9.05. The molecule has 6 nitrogen and oxygen atoms in total. The number of hydrogen-bond donors (Lipinski definition) is 1. The minimum absolute atomic E-state index is 0.0837. The molecular formula is C23H25N5OS. The van der Waals surface area contributed by atoms with Gasteiger partial charge in [0.15, 0.2) is 0 Å². The van der Waals surface area contributed by atoms with E-state index in [2.05, 4.69) is 29.5 Å². The number of hydrogen-bond acceptors (Lipinski definition) is 5. The fourth-order valence-electron chi connectivity index (χ4n) is 4.18. The second-order valence-electron chi connectivity index (χ2n) is 7.82. The molecule has 0 atom stereocenters. The van der Waals surface area contributed by atoms with Crippen LogP contribution in [0.1, 0.15) is 42.2 Å². The molecule has 0 radical (unpaired) electrons. The van der Waals surface area contributed by atoms with E-state index in [1.807, 2.05) is 29.1 Å². The van der Waals surface area contributed by atoms with Crippen molar-refractivity contribution in [3.63, 3.8) is 0 Å². The maximum absolute atomic E-state index is 13.4. The molecule has 0 unspecified atom stereocenters. The lowest BCUT2D eigenvalue weighted by molar-refractivity contribution is 0.655. The number of nitrogens with zero attached hydrogens (tertiary/aromatic N) is 4. The minimum atomic E-state index is 0.0837. The monoisotopic (exact) mass is 419 g/mol. The first kappa shape index (κ1) is 19.1. The summed E-state index contributed by atoms with van der Waals surface area (Å²) < 4.78 is 3.68. The van der Waals surface area contributed by atoms with Crippen molar-refractivity contribution in [1.82, 2.24) is 19.3 Å². The fourth-order valence-corrected chi connectivity index (χ4v) is 5.43. The average molecular weight is 420 g/mol. The van der Waals surface area contributed by atoms with Gasteiger partial charge in [-0.2, -0.15) is 5.10 Å². The van der Waals surface area contributed by atoms with Crippen molar-refractivity contribution in [2.24, 2.45) is 0 Å². The van der Waals surface area contributed by atoms with E-state index in [0.717, 1.165) is 41.6 Å². The molecule has 1 aromatic carbocycles. The molecule has 0 spiro atoms. The molecule has 0 saturated heterocycles. The standard InChI is InChI=1S/C23H25N5OS/c1-2-12-28-22(29)20-18-10-6-7-11-19(18)30-21(20)26-23(28)25-17-13-24-27(15-17)14-16-8-4-3-5-9-16/h3-5,8-9,13,15H,2,6-7,10-12,14H2,1H3,(H,25,26). The van der Waals surface area contributed by atoms with E-state index in [0.29, 0.717) is 19.0 Å². The van der Waals surface area contributed by atoms with E-state index < -0.39 is 0 Å². The third kappa shape index (κ3) is 3.54. The van der Waals surface area contributed by atoms with Crippen LogP contribution < -0.4 is 10.9 Å². The fraction of sp³-hybridized carbons (Fsp3) is 0.348. The molecule has 30 heavy (non-hydrogen) atoms. The van der Waals surface area contributed by atoms with Crippen LogP contribution in [-0.2, 0) is 25.9 Å². The van der Waals surface area contributed by atoms with Crippen molar-refractivity contribution in [1.29, 1.82) is 0 Å². The Bertz CT molecular complexity index is 1240. The van der Waals surface area contributed by atoms with Crippen molar-refractivity contribution in [2.75, 3.05) is 5.32 Å². The number of fused-ring (bicyclic) bond motifs is 3. The Balaban J connectivity index is 1.49. The lowest BCUT2D eigenvalue weighted by atomic mass is 9.97. The van der Waals surface area contributed by atoms with Gasteiger partial charge in [0.1, 0.15) is 4.83 Å². The Labute approximate surface area is 179 Å². The number of aryl methyl sites for hydroxylation is 2. The van der Waals surface area contributed by atoms with Gasteiger partial charge < -0.3 is 5.32 Å². The van der Waals surface area contributed by atoms with Crippen LogP contribution in [-0.4, -0.2) is 19.3 Å². The van der Waals surface area contributed by atoms with E-state index >= 15 is 0 Å². The summed E-state index contributed by atoms with van der Waals surface area (Å²) >= 11 is 1.69. The molecule has 7 heteroatoms. The number of nitrogens with one attached hydrogen (secondary N) is 1. The second kappa shape index (κ2) is 8.07. The van der Waals surface area contributed by atoms with Gasteiger partial charge in [-0.05, 0) is 43.2 Å². The molecule has 0 bridgehead atoms. The zero-order chi connectivity index (χ0) is 20.5. The van der Waals surface area contributed by atoms with Crippen LogP contribution >= 0.6 is 11.3 Å². The van der Waals surface area contributed by atoms with Gasteiger partial charge in [-0.25, -0.2) is 4.98 Å². The summed E-state index contributed by atoms with van der Waals surface area (Å²) in [6.45, 7) is 3.43. The third-order valence-corrected chi connectivity index (χ3v) is 6.78. The minimum Gasteiger partial charge on any atom is -0.323 e. The summed E-state index contributed by atoms with van der Waals surface area (Å²) in [5, 5.41) is 8.66. The van der Waals surface area contributed by atoms with Gasteiger partial charge in [0.25, 0.3) is 5.56 Å². The molecule has 0 fully saturated rings. The first-order valence-corrected chi connectivity index (χ1v) is 11.4. The highest BCUT2D eigenvalue weighted by Crippen LogP contribution is 2.34. The molecule has 0 amide bonds. The number of anilines is 2. The molecule has 1 aliphatic carbocycles. The number of rotatable bonds is 6. The Morgan fingerprint density at radius 3 is 2.83 bits per heavy atom. The van der Waals surface area contributed by atoms with E-state index in [1.165, 1.54) is 22.4 Å². The Morgan fingerprint density at radius 1 is 1.17 bits per heavy atom. The van der Waals surface area contributed by atoms with E-state index in [4.69, 9.17) is 4.98 Å². The van der Waals surface area contributed by atoms with Gasteiger partial charge in [-0.1, -0.05) is 37.3 Å². The molecule has 1 N–H and O–H groups in total. The van der Waals surface area contributed by atoms with Crippen molar-refractivity contribution < 1.29 is 0 Å². The van der Waals surface area contributed by atoms with Crippen molar-refractivity contribution in [3.8, 4) is 0 Å². The van der Waals surface area contributed by atoms with Crippen molar-refractivity contribution in [2.45, 2.75) is 52.1 Å². The summed E-state index contributed by atoms with van der Waals surface area (Å²) in [6, 6.07) is 10.2. The molecule has 154 valence electrons. The van der Waals surface area contributed by atoms with Gasteiger partial charge in [0.2, 0.25) is 5.95 Å². The molecular weight excluding hydrogens is 394 g/mol. The number of thiophene rings is 1. The lowest BCUT2D eigenvalue weighted by Gasteiger charge is -2.13. The second-order valence-corrected chi connectivity index (χ2v) is 8.90. The lowest BCUT2D eigenvalue weighted by Crippen LogP contribution is -2.24. The quantitative estimate of drug-likeness (QED) is 0.490. The van der Waals surface area contributed by atoms with Gasteiger partial charge in [0, 0.05) is 17.6 Å². The Kier molecular flexibility index (Phi) is 5.12. The van der Waals surface area contributed by atoms with Crippen LogP contribution in [0.2, 0.25) is 0 Å². The normalized spacial score (nSPS) is 13.5. The van der Waals surface area contributed by atoms with Crippen molar-refractivity contribution in [3.05, 3.63) is 69.1 Å². The summed E-state index contributed by atoms with van der Waals surface area (Å²) in [7, 11) is 0. The first-order chi connectivity index (χ1) is 14.7. The van der Waals surface area contributed by atoms with Crippen LogP contribution in [0.5, 0.6) is 0 Å². The van der Waals surface area contributed by atoms with Gasteiger partial charge in [-0.15, -0.1) is 11.3 Å². The highest BCUT2D eigenvalue weighted by atomic mass is 32.1. The molecule has 0 saturated carbocycles. The van der Waals surface area contributed by atoms with E-state index in [1.54, 1.807) is 22.1 Å². The Hall–Kier alpha value is -2.93. The zero-order valence-electron chi connectivity index (χ0n) is 17.1. The highest BCUT2D eigenvalue weighted by Gasteiger charge is 2.22. The van der Waals surface area contributed by atoms with Gasteiger partial charge in [0.05, 0.1) is 23.8 Å². The molecule has 0 aliphatic heterocycles. The van der Waals surface area contributed by atoms with Gasteiger partial charge in [-0.3, -0.25) is 14.0 Å². The molecule has 1 aliphatic rings. The first-order valence-electron chi connectivity index (χ1n) is 10.6. The molecule has 5 rings (SSSR count). The van der Waals surface area contributed by atoms with Crippen LogP contribution in [0, 0.1) is 0 Å². The van der Waals surface area contributed by atoms with Crippen LogP contribution in [0.3, 0.4) is 0 Å². The largest absolute Gasteiger partial charge is 0.323 e. The average Bonchev–Trinajstić information content (AvgIpc) is 3.35. The smallest absolute Gasteiger partial charge is 0.263 e. The van der Waals surface area contributed by atoms with Crippen LogP contribution in [0.25, 0.3) is 10.2 Å². The van der Waals surface area contributed by atoms with E-state index in [9.17, 15) is 4.79 Å². The number of benzene rings is 1. The highest BCUT2D eigenvalue weighted by molar-refractivity contribution is 7.18. The summed E-state index contributed by atoms with van der Waals surface area (Å²) in [5.74, 6) is 0.604. The van der Waals surface area contributed by atoms with Gasteiger partial charge >= 0.3 is 0 Å². The maximum atomic E-state index is 13.4. The maximum Gasteiger partial charge on any atom is 0.263 e. The Morgan fingerprint density at radius 2 is 2.00 bits per heavy atom. The predicted octanol–water partition coefficient (Wildman–Crippen LogP) is 4.74. The van der Waals surface area contributed by atoms with Crippen LogP contribution in [0.15, 0.2) is 47.5 Å². The summed E-state index contributed by atoms with van der Waals surface area (Å²) in [4.78, 5) is 20.5. The molecule has 3 heterocycles. The van der Waals surface area contributed by atoms with E-state index in [-0.39, 0.29) is 5.56 Å².